The van der Waals surface area contributed by atoms with Crippen LogP contribution in [0.4, 0.5) is 0 Å². The molecule has 1 aliphatic rings. The van der Waals surface area contributed by atoms with Crippen LogP contribution < -0.4 is 5.73 Å². The van der Waals surface area contributed by atoms with E-state index >= 15 is 0 Å². The van der Waals surface area contributed by atoms with Gasteiger partial charge >= 0.3 is 0 Å². The Balaban J connectivity index is 1.83. The van der Waals surface area contributed by atoms with E-state index in [-0.39, 0.29) is 0 Å². The lowest BCUT2D eigenvalue weighted by atomic mass is 9.77. The molecule has 0 amide bonds. The van der Waals surface area contributed by atoms with Crippen molar-refractivity contribution in [2.45, 2.75) is 31.4 Å². The summed E-state index contributed by atoms with van der Waals surface area (Å²) in [5.74, 6) is 2.19. The molecule has 1 saturated carbocycles. The Morgan fingerprint density at radius 1 is 1.44 bits per heavy atom. The molecule has 0 unspecified atom stereocenters. The number of rotatable bonds is 4. The molecule has 2 aromatic rings. The Labute approximate surface area is 104 Å². The third-order valence-electron chi connectivity index (χ3n) is 3.28. The van der Waals surface area contributed by atoms with E-state index < -0.39 is 5.54 Å². The van der Waals surface area contributed by atoms with Gasteiger partial charge in [0.1, 0.15) is 12.4 Å². The standard InChI is InChI=1S/C12H15N3O3/c1-16-7-8-3-4-9(17-8)10-14-11(15-18-10)12(13)5-2-6-12/h3-4H,2,5-7,13H2,1H3. The van der Waals surface area contributed by atoms with Gasteiger partial charge in [-0.05, 0) is 31.4 Å². The van der Waals surface area contributed by atoms with Crippen molar-refractivity contribution in [2.24, 2.45) is 5.73 Å². The summed E-state index contributed by atoms with van der Waals surface area (Å²) in [7, 11) is 1.61. The summed E-state index contributed by atoms with van der Waals surface area (Å²) >= 11 is 0. The van der Waals surface area contributed by atoms with Gasteiger partial charge in [0.25, 0.3) is 5.89 Å². The highest BCUT2D eigenvalue weighted by atomic mass is 16.5. The molecule has 18 heavy (non-hydrogen) atoms. The molecule has 0 spiro atoms. The van der Waals surface area contributed by atoms with Crippen LogP contribution in [0.2, 0.25) is 0 Å². The molecule has 0 aliphatic heterocycles. The highest BCUT2D eigenvalue weighted by Crippen LogP contribution is 2.37. The first-order chi connectivity index (χ1) is 8.71. The van der Waals surface area contributed by atoms with Crippen LogP contribution in [0.1, 0.15) is 30.8 Å². The summed E-state index contributed by atoms with van der Waals surface area (Å²) in [4.78, 5) is 4.31. The van der Waals surface area contributed by atoms with Gasteiger partial charge in [-0.2, -0.15) is 4.98 Å². The Bertz CT molecular complexity index is 542. The fraction of sp³-hybridized carbons (Fsp3) is 0.500. The summed E-state index contributed by atoms with van der Waals surface area (Å²) in [6.07, 6.45) is 2.91. The first-order valence-electron chi connectivity index (χ1n) is 5.92. The average molecular weight is 249 g/mol. The zero-order valence-electron chi connectivity index (χ0n) is 10.2. The van der Waals surface area contributed by atoms with Crippen LogP contribution in [-0.4, -0.2) is 17.3 Å². The molecule has 1 fully saturated rings. The SMILES string of the molecule is COCc1ccc(-c2nc(C3(N)CCC3)no2)o1. The molecule has 0 saturated heterocycles. The molecule has 2 N–H and O–H groups in total. The Morgan fingerprint density at radius 3 is 2.94 bits per heavy atom. The largest absolute Gasteiger partial charge is 0.453 e. The van der Waals surface area contributed by atoms with Gasteiger partial charge in [0.05, 0.1) is 5.54 Å². The van der Waals surface area contributed by atoms with Gasteiger partial charge in [-0.15, -0.1) is 0 Å². The summed E-state index contributed by atoms with van der Waals surface area (Å²) in [5.41, 5.74) is 5.72. The van der Waals surface area contributed by atoms with Crippen molar-refractivity contribution >= 4 is 0 Å². The van der Waals surface area contributed by atoms with Crippen molar-refractivity contribution in [1.29, 1.82) is 0 Å². The molecule has 1 aliphatic carbocycles. The van der Waals surface area contributed by atoms with Crippen molar-refractivity contribution in [3.63, 3.8) is 0 Å². The third kappa shape index (κ3) is 1.83. The number of nitrogens with two attached hydrogens (primary N) is 1. The van der Waals surface area contributed by atoms with Gasteiger partial charge in [0.2, 0.25) is 0 Å². The van der Waals surface area contributed by atoms with Crippen molar-refractivity contribution < 1.29 is 13.7 Å². The number of hydrogen-bond donors (Lipinski definition) is 1. The number of hydrogen-bond acceptors (Lipinski definition) is 6. The molecule has 2 aromatic heterocycles. The number of nitrogens with zero attached hydrogens (tertiary/aromatic N) is 2. The van der Waals surface area contributed by atoms with E-state index in [0.29, 0.717) is 24.1 Å². The van der Waals surface area contributed by atoms with Crippen molar-refractivity contribution in [3.8, 4) is 11.7 Å². The van der Waals surface area contributed by atoms with Crippen LogP contribution in [0, 0.1) is 0 Å². The zero-order chi connectivity index (χ0) is 12.6. The van der Waals surface area contributed by atoms with E-state index in [2.05, 4.69) is 10.1 Å². The first-order valence-corrected chi connectivity index (χ1v) is 5.92. The van der Waals surface area contributed by atoms with Gasteiger partial charge in [-0.3, -0.25) is 0 Å². The second kappa shape index (κ2) is 4.22. The molecular formula is C12H15N3O3. The van der Waals surface area contributed by atoms with Gasteiger partial charge in [-0.1, -0.05) is 5.16 Å². The molecule has 0 bridgehead atoms. The van der Waals surface area contributed by atoms with E-state index in [1.807, 2.05) is 6.07 Å². The quantitative estimate of drug-likeness (QED) is 0.889. The molecular weight excluding hydrogens is 234 g/mol. The lowest BCUT2D eigenvalue weighted by Gasteiger charge is -2.34. The number of methoxy groups -OCH3 is 1. The molecule has 2 heterocycles. The molecule has 96 valence electrons. The minimum atomic E-state index is -0.413. The predicted molar refractivity (Wildman–Crippen MR) is 62.4 cm³/mol. The molecule has 0 radical (unpaired) electrons. The van der Waals surface area contributed by atoms with E-state index in [4.69, 9.17) is 19.4 Å². The smallest absolute Gasteiger partial charge is 0.293 e. The highest BCUT2D eigenvalue weighted by molar-refractivity contribution is 5.44. The predicted octanol–water partition coefficient (Wildman–Crippen LogP) is 1.81. The molecule has 3 rings (SSSR count). The zero-order valence-corrected chi connectivity index (χ0v) is 10.2. The van der Waals surface area contributed by atoms with Crippen LogP contribution in [0.3, 0.4) is 0 Å². The summed E-state index contributed by atoms with van der Waals surface area (Å²) in [6.45, 7) is 0.418. The number of ether oxygens (including phenoxy) is 1. The topological polar surface area (TPSA) is 87.3 Å². The fourth-order valence-corrected chi connectivity index (χ4v) is 2.02. The molecule has 6 heteroatoms. The second-order valence-electron chi connectivity index (χ2n) is 4.63. The number of aromatic nitrogens is 2. The van der Waals surface area contributed by atoms with Crippen LogP contribution >= 0.6 is 0 Å². The van der Waals surface area contributed by atoms with Gasteiger partial charge in [0.15, 0.2) is 11.6 Å². The maximum atomic E-state index is 6.13. The van der Waals surface area contributed by atoms with E-state index in [0.717, 1.165) is 25.0 Å². The maximum Gasteiger partial charge on any atom is 0.293 e. The van der Waals surface area contributed by atoms with Crippen molar-refractivity contribution in [2.75, 3.05) is 7.11 Å². The highest BCUT2D eigenvalue weighted by Gasteiger charge is 2.39. The van der Waals surface area contributed by atoms with Gasteiger partial charge < -0.3 is 19.4 Å². The molecule has 6 nitrogen and oxygen atoms in total. The second-order valence-corrected chi connectivity index (χ2v) is 4.63. The van der Waals surface area contributed by atoms with Crippen LogP contribution in [-0.2, 0) is 16.9 Å². The van der Waals surface area contributed by atoms with Gasteiger partial charge in [-0.25, -0.2) is 0 Å². The summed E-state index contributed by atoms with van der Waals surface area (Å²) in [6, 6.07) is 3.61. The minimum absolute atomic E-state index is 0.365. The van der Waals surface area contributed by atoms with E-state index in [1.165, 1.54) is 0 Å². The van der Waals surface area contributed by atoms with E-state index in [1.54, 1.807) is 13.2 Å². The lowest BCUT2D eigenvalue weighted by Crippen LogP contribution is -2.44. The van der Waals surface area contributed by atoms with Crippen molar-refractivity contribution in [3.05, 3.63) is 23.7 Å². The Morgan fingerprint density at radius 2 is 2.28 bits per heavy atom. The van der Waals surface area contributed by atoms with Gasteiger partial charge in [0, 0.05) is 7.11 Å². The van der Waals surface area contributed by atoms with Crippen LogP contribution in [0.15, 0.2) is 21.1 Å². The third-order valence-corrected chi connectivity index (χ3v) is 3.28. The monoisotopic (exact) mass is 249 g/mol. The van der Waals surface area contributed by atoms with Crippen LogP contribution in [0.5, 0.6) is 0 Å². The average Bonchev–Trinajstić information content (AvgIpc) is 2.94. The fourth-order valence-electron chi connectivity index (χ4n) is 2.02. The normalized spacial score (nSPS) is 17.7. The summed E-state index contributed by atoms with van der Waals surface area (Å²) in [5, 5.41) is 3.94. The first kappa shape index (κ1) is 11.4. The maximum absolute atomic E-state index is 6.13. The minimum Gasteiger partial charge on any atom is -0.453 e. The Hall–Kier alpha value is -1.66. The molecule has 0 atom stereocenters. The molecule has 0 aromatic carbocycles. The lowest BCUT2D eigenvalue weighted by molar-refractivity contribution is 0.164. The van der Waals surface area contributed by atoms with Crippen molar-refractivity contribution in [1.82, 2.24) is 10.1 Å². The Kier molecular flexibility index (Phi) is 2.68. The van der Waals surface area contributed by atoms with Crippen LogP contribution in [0.25, 0.3) is 11.7 Å². The number of furan rings is 1. The summed E-state index contributed by atoms with van der Waals surface area (Å²) < 4.78 is 15.7. The van der Waals surface area contributed by atoms with E-state index in [9.17, 15) is 0 Å².